The Morgan fingerprint density at radius 1 is 1.04 bits per heavy atom. The predicted molar refractivity (Wildman–Crippen MR) is 95.9 cm³/mol. The maximum atomic E-state index is 10.6. The van der Waals surface area contributed by atoms with Gasteiger partial charge in [-0.15, -0.1) is 4.91 Å². The molecule has 2 aromatic carbocycles. The lowest BCUT2D eigenvalue weighted by Gasteiger charge is -2.08. The summed E-state index contributed by atoms with van der Waals surface area (Å²) in [5.74, 6) is 0. The minimum atomic E-state index is 0.456. The number of nitrogens with zero attached hydrogens (tertiary/aromatic N) is 3. The number of hydrogen-bond acceptors (Lipinski definition) is 3. The number of halogens is 1. The van der Waals surface area contributed by atoms with E-state index in [0.29, 0.717) is 5.69 Å². The molecule has 2 aromatic heterocycles. The summed E-state index contributed by atoms with van der Waals surface area (Å²) in [6.07, 6.45) is 5.71. The van der Waals surface area contributed by atoms with Gasteiger partial charge in [-0.1, -0.05) is 12.1 Å². The summed E-state index contributed by atoms with van der Waals surface area (Å²) in [4.78, 5) is 14.8. The van der Waals surface area contributed by atoms with E-state index in [1.165, 1.54) is 5.56 Å². The number of pyridine rings is 1. The minimum Gasteiger partial charge on any atom is -0.343 e. The summed E-state index contributed by atoms with van der Waals surface area (Å²) in [6, 6.07) is 13.9. The molecule has 0 saturated carbocycles. The van der Waals surface area contributed by atoms with Gasteiger partial charge in [0.2, 0.25) is 0 Å². The third-order valence-electron chi connectivity index (χ3n) is 3.99. The van der Waals surface area contributed by atoms with Crippen molar-refractivity contribution < 1.29 is 0 Å². The number of nitroso groups, excluding NO2 is 1. The first-order chi connectivity index (χ1) is 11.2. The third kappa shape index (κ3) is 2.53. The molecule has 0 aliphatic carbocycles. The predicted octanol–water partition coefficient (Wildman–Crippen LogP) is 5.40. The number of aromatic nitrogens is 2. The molecule has 23 heavy (non-hydrogen) atoms. The first-order valence-corrected chi connectivity index (χ1v) is 7.98. The Bertz CT molecular complexity index is 1040. The van der Waals surface area contributed by atoms with Gasteiger partial charge >= 0.3 is 0 Å². The fraction of sp³-hybridized carbons (Fsp3) is 0.0556. The highest BCUT2D eigenvalue weighted by atomic mass is 79.9. The Kier molecular flexibility index (Phi) is 3.42. The molecule has 4 rings (SSSR count). The van der Waals surface area contributed by atoms with E-state index in [0.717, 1.165) is 32.7 Å². The molecular weight excluding hydrogens is 354 g/mol. The van der Waals surface area contributed by atoms with E-state index in [1.54, 1.807) is 6.07 Å². The summed E-state index contributed by atoms with van der Waals surface area (Å²) < 4.78 is 3.16. The van der Waals surface area contributed by atoms with E-state index in [4.69, 9.17) is 0 Å². The van der Waals surface area contributed by atoms with Crippen LogP contribution in [0.3, 0.4) is 0 Å². The highest BCUT2D eigenvalue weighted by Crippen LogP contribution is 2.26. The standard InChI is InChI=1S/C18H12BrN3O/c19-17-10-20-9-14-2-1-12(7-16(14)17)11-22-6-5-13-8-15(21-23)3-4-18(13)22/h1-10H,11H2. The van der Waals surface area contributed by atoms with Gasteiger partial charge in [0.05, 0.1) is 0 Å². The van der Waals surface area contributed by atoms with Gasteiger partial charge in [-0.3, -0.25) is 4.98 Å². The van der Waals surface area contributed by atoms with Crippen molar-refractivity contribution in [2.24, 2.45) is 5.18 Å². The Balaban J connectivity index is 1.75. The molecule has 0 unspecified atom stereocenters. The highest BCUT2D eigenvalue weighted by Gasteiger charge is 2.05. The average molecular weight is 366 g/mol. The van der Waals surface area contributed by atoms with Crippen LogP contribution in [0.15, 0.2) is 70.7 Å². The van der Waals surface area contributed by atoms with E-state index < -0.39 is 0 Å². The molecule has 0 N–H and O–H groups in total. The molecule has 112 valence electrons. The van der Waals surface area contributed by atoms with Crippen LogP contribution in [-0.4, -0.2) is 9.55 Å². The molecule has 0 saturated heterocycles. The van der Waals surface area contributed by atoms with Crippen LogP contribution in [0, 0.1) is 4.91 Å². The largest absolute Gasteiger partial charge is 0.343 e. The molecule has 4 nitrogen and oxygen atoms in total. The van der Waals surface area contributed by atoms with Gasteiger partial charge in [-0.05, 0) is 62.4 Å². The van der Waals surface area contributed by atoms with E-state index in [-0.39, 0.29) is 0 Å². The van der Waals surface area contributed by atoms with Gasteiger partial charge in [-0.25, -0.2) is 0 Å². The van der Waals surface area contributed by atoms with Gasteiger partial charge < -0.3 is 4.57 Å². The normalized spacial score (nSPS) is 11.2. The minimum absolute atomic E-state index is 0.456. The van der Waals surface area contributed by atoms with Crippen molar-refractivity contribution in [2.45, 2.75) is 6.54 Å². The summed E-state index contributed by atoms with van der Waals surface area (Å²) in [6.45, 7) is 0.766. The average Bonchev–Trinajstić information content (AvgIpc) is 2.98. The van der Waals surface area contributed by atoms with Crippen molar-refractivity contribution in [1.29, 1.82) is 0 Å². The number of fused-ring (bicyclic) bond motifs is 2. The molecule has 0 spiro atoms. The van der Waals surface area contributed by atoms with Crippen molar-refractivity contribution in [3.63, 3.8) is 0 Å². The third-order valence-corrected chi connectivity index (χ3v) is 4.62. The Morgan fingerprint density at radius 3 is 2.83 bits per heavy atom. The lowest BCUT2D eigenvalue weighted by molar-refractivity contribution is 0.838. The molecule has 2 heterocycles. The molecule has 0 aliphatic heterocycles. The van der Waals surface area contributed by atoms with Crippen molar-refractivity contribution in [3.8, 4) is 0 Å². The Morgan fingerprint density at radius 2 is 1.96 bits per heavy atom. The monoisotopic (exact) mass is 365 g/mol. The first kappa shape index (κ1) is 14.1. The molecule has 4 aromatic rings. The molecule has 0 atom stereocenters. The van der Waals surface area contributed by atoms with E-state index in [9.17, 15) is 4.91 Å². The number of rotatable bonds is 3. The van der Waals surface area contributed by atoms with Gasteiger partial charge in [0, 0.05) is 45.9 Å². The first-order valence-electron chi connectivity index (χ1n) is 7.19. The van der Waals surface area contributed by atoms with E-state index in [1.807, 2.05) is 36.8 Å². The second kappa shape index (κ2) is 5.59. The molecule has 0 radical (unpaired) electrons. The van der Waals surface area contributed by atoms with E-state index in [2.05, 4.69) is 48.9 Å². The maximum Gasteiger partial charge on any atom is 0.108 e. The van der Waals surface area contributed by atoms with Crippen LogP contribution in [0.5, 0.6) is 0 Å². The topological polar surface area (TPSA) is 47.2 Å². The summed E-state index contributed by atoms with van der Waals surface area (Å²) >= 11 is 3.56. The molecule has 0 fully saturated rings. The summed E-state index contributed by atoms with van der Waals surface area (Å²) in [7, 11) is 0. The zero-order chi connectivity index (χ0) is 15.8. The van der Waals surface area contributed by atoms with E-state index >= 15 is 0 Å². The van der Waals surface area contributed by atoms with Crippen molar-refractivity contribution in [3.05, 3.63) is 76.0 Å². The molecule has 0 bridgehead atoms. The number of benzene rings is 2. The highest BCUT2D eigenvalue weighted by molar-refractivity contribution is 9.10. The summed E-state index contributed by atoms with van der Waals surface area (Å²) in [5, 5.41) is 6.28. The lowest BCUT2D eigenvalue weighted by atomic mass is 10.1. The number of hydrogen-bond donors (Lipinski definition) is 0. The van der Waals surface area contributed by atoms with Crippen LogP contribution in [0.4, 0.5) is 5.69 Å². The fourth-order valence-electron chi connectivity index (χ4n) is 2.85. The fourth-order valence-corrected chi connectivity index (χ4v) is 3.31. The van der Waals surface area contributed by atoms with Crippen LogP contribution in [-0.2, 0) is 6.54 Å². The van der Waals surface area contributed by atoms with Crippen molar-refractivity contribution >= 4 is 43.3 Å². The zero-order valence-electron chi connectivity index (χ0n) is 12.1. The maximum absolute atomic E-state index is 10.6. The quantitative estimate of drug-likeness (QED) is 0.456. The van der Waals surface area contributed by atoms with Crippen LogP contribution >= 0.6 is 15.9 Å². The van der Waals surface area contributed by atoms with Gasteiger partial charge in [0.1, 0.15) is 5.69 Å². The van der Waals surface area contributed by atoms with Crippen molar-refractivity contribution in [2.75, 3.05) is 0 Å². The Hall–Kier alpha value is -2.53. The van der Waals surface area contributed by atoms with Crippen molar-refractivity contribution in [1.82, 2.24) is 9.55 Å². The lowest BCUT2D eigenvalue weighted by Crippen LogP contribution is -1.97. The van der Waals surface area contributed by atoms with Gasteiger partial charge in [0.15, 0.2) is 0 Å². The second-order valence-electron chi connectivity index (χ2n) is 5.45. The summed E-state index contributed by atoms with van der Waals surface area (Å²) in [5.41, 5.74) is 2.75. The molecule has 0 amide bonds. The van der Waals surface area contributed by atoms with Crippen LogP contribution in [0.2, 0.25) is 0 Å². The molecule has 5 heteroatoms. The smallest absolute Gasteiger partial charge is 0.108 e. The van der Waals surface area contributed by atoms with Gasteiger partial charge in [-0.2, -0.15) is 0 Å². The van der Waals surface area contributed by atoms with Crippen LogP contribution in [0.25, 0.3) is 21.7 Å². The van der Waals surface area contributed by atoms with Crippen LogP contribution in [0.1, 0.15) is 5.56 Å². The Labute approximate surface area is 140 Å². The SMILES string of the molecule is O=Nc1ccc2c(ccn2Cc2ccc3cncc(Br)c3c2)c1. The molecular formula is C18H12BrN3O. The van der Waals surface area contributed by atoms with Crippen LogP contribution < -0.4 is 0 Å². The zero-order valence-corrected chi connectivity index (χ0v) is 13.7. The van der Waals surface area contributed by atoms with Gasteiger partial charge in [0.25, 0.3) is 0 Å². The molecule has 0 aliphatic rings. The second-order valence-corrected chi connectivity index (χ2v) is 6.31.